The van der Waals surface area contributed by atoms with Gasteiger partial charge in [-0.15, -0.1) is 0 Å². The molecule has 0 aromatic heterocycles. The Kier molecular flexibility index (Phi) is 6.78. The van der Waals surface area contributed by atoms with Crippen LogP contribution in [0.1, 0.15) is 59.4 Å². The summed E-state index contributed by atoms with van der Waals surface area (Å²) in [5, 5.41) is 0. The Balaban J connectivity index is 0.000000461. The third-order valence-corrected chi connectivity index (χ3v) is 4.14. The predicted molar refractivity (Wildman–Crippen MR) is 91.0 cm³/mol. The van der Waals surface area contributed by atoms with Gasteiger partial charge in [0.05, 0.1) is 0 Å². The molecule has 0 aliphatic heterocycles. The summed E-state index contributed by atoms with van der Waals surface area (Å²) in [4.78, 5) is 0. The van der Waals surface area contributed by atoms with E-state index in [-0.39, 0.29) is 0 Å². The van der Waals surface area contributed by atoms with Crippen LogP contribution in [0, 0.1) is 11.8 Å². The fourth-order valence-electron chi connectivity index (χ4n) is 2.94. The van der Waals surface area contributed by atoms with Crippen molar-refractivity contribution < 1.29 is 0 Å². The molecule has 2 aliphatic carbocycles. The normalized spacial score (nSPS) is 23.7. The lowest BCUT2D eigenvalue weighted by atomic mass is 9.86. The van der Waals surface area contributed by atoms with Gasteiger partial charge in [0.25, 0.3) is 0 Å². The molecule has 3 atom stereocenters. The molecule has 3 unspecified atom stereocenters. The monoisotopic (exact) mass is 270 g/mol. The molecule has 1 aromatic carbocycles. The van der Waals surface area contributed by atoms with E-state index >= 15 is 0 Å². The summed E-state index contributed by atoms with van der Waals surface area (Å²) < 4.78 is 0. The smallest absolute Gasteiger partial charge is 0.00259 e. The van der Waals surface area contributed by atoms with Gasteiger partial charge in [-0.25, -0.2) is 0 Å². The van der Waals surface area contributed by atoms with Crippen LogP contribution in [-0.2, 0) is 0 Å². The second kappa shape index (κ2) is 8.09. The Morgan fingerprint density at radius 3 is 2.10 bits per heavy atom. The minimum atomic E-state index is 0.584. The number of rotatable bonds is 2. The highest BCUT2D eigenvalue weighted by Crippen LogP contribution is 2.54. The van der Waals surface area contributed by atoms with Gasteiger partial charge in [0.1, 0.15) is 0 Å². The molecule has 3 rings (SSSR count). The minimum Gasteiger partial charge on any atom is -0.0696 e. The van der Waals surface area contributed by atoms with E-state index < -0.39 is 0 Å². The lowest BCUT2D eigenvalue weighted by molar-refractivity contribution is 0.751. The average Bonchev–Trinajstić information content (AvgIpc) is 3.33. The Morgan fingerprint density at radius 2 is 1.50 bits per heavy atom. The molecule has 0 bridgehead atoms. The Bertz CT molecular complexity index is 450. The Hall–Kier alpha value is -1.30. The SMILES string of the molecule is CC.CC.CC1=CC=C(C(C)c2ccccc2)C2CC12. The van der Waals surface area contributed by atoms with Crippen LogP contribution < -0.4 is 0 Å². The first-order valence-corrected chi connectivity index (χ1v) is 8.20. The standard InChI is InChI=1S/C16H18.2C2H6/c1-11-8-9-14(16-10-15(11)16)12(2)13-6-4-3-5-7-13;2*1-2/h3-9,12,15-16H,10H2,1-2H3;2*1-2H3. The lowest BCUT2D eigenvalue weighted by Crippen LogP contribution is -2.04. The van der Waals surface area contributed by atoms with E-state index in [4.69, 9.17) is 0 Å². The van der Waals surface area contributed by atoms with Gasteiger partial charge in [0.2, 0.25) is 0 Å². The minimum absolute atomic E-state index is 0.584. The van der Waals surface area contributed by atoms with E-state index in [0.29, 0.717) is 5.92 Å². The van der Waals surface area contributed by atoms with Gasteiger partial charge in [0, 0.05) is 5.92 Å². The fourth-order valence-corrected chi connectivity index (χ4v) is 2.94. The number of benzene rings is 1. The van der Waals surface area contributed by atoms with Crippen LogP contribution in [0.5, 0.6) is 0 Å². The largest absolute Gasteiger partial charge is 0.0696 e. The van der Waals surface area contributed by atoms with E-state index in [2.05, 4.69) is 56.3 Å². The van der Waals surface area contributed by atoms with Crippen LogP contribution in [0.2, 0.25) is 0 Å². The molecule has 0 spiro atoms. The summed E-state index contributed by atoms with van der Waals surface area (Å²) in [7, 11) is 0. The van der Waals surface area contributed by atoms with Gasteiger partial charge in [0.15, 0.2) is 0 Å². The summed E-state index contributed by atoms with van der Waals surface area (Å²) >= 11 is 0. The predicted octanol–water partition coefficient (Wildman–Crippen LogP) is 6.36. The van der Waals surface area contributed by atoms with E-state index in [1.165, 1.54) is 12.0 Å². The zero-order valence-corrected chi connectivity index (χ0v) is 14.0. The van der Waals surface area contributed by atoms with Gasteiger partial charge < -0.3 is 0 Å². The van der Waals surface area contributed by atoms with Gasteiger partial charge in [-0.3, -0.25) is 0 Å². The molecule has 2 aliphatic rings. The van der Waals surface area contributed by atoms with E-state index in [1.54, 1.807) is 11.1 Å². The summed E-state index contributed by atoms with van der Waals surface area (Å²) in [5.41, 5.74) is 4.67. The second-order valence-corrected chi connectivity index (χ2v) is 5.16. The van der Waals surface area contributed by atoms with Crippen molar-refractivity contribution in [2.75, 3.05) is 0 Å². The van der Waals surface area contributed by atoms with Crippen LogP contribution in [0.25, 0.3) is 0 Å². The van der Waals surface area contributed by atoms with Crippen molar-refractivity contribution in [3.63, 3.8) is 0 Å². The van der Waals surface area contributed by atoms with Crippen molar-refractivity contribution in [1.82, 2.24) is 0 Å². The van der Waals surface area contributed by atoms with E-state index in [1.807, 2.05) is 27.7 Å². The molecule has 0 heteroatoms. The number of hydrogen-bond donors (Lipinski definition) is 0. The first-order valence-electron chi connectivity index (χ1n) is 8.20. The van der Waals surface area contributed by atoms with Crippen molar-refractivity contribution >= 4 is 0 Å². The number of hydrogen-bond acceptors (Lipinski definition) is 0. The van der Waals surface area contributed by atoms with Gasteiger partial charge in [-0.2, -0.15) is 0 Å². The van der Waals surface area contributed by atoms with E-state index in [0.717, 1.165) is 11.8 Å². The molecule has 110 valence electrons. The average molecular weight is 270 g/mol. The third-order valence-electron chi connectivity index (χ3n) is 4.14. The van der Waals surface area contributed by atoms with Crippen LogP contribution in [-0.4, -0.2) is 0 Å². The maximum atomic E-state index is 2.36. The van der Waals surface area contributed by atoms with Crippen molar-refractivity contribution in [3.8, 4) is 0 Å². The van der Waals surface area contributed by atoms with E-state index in [9.17, 15) is 0 Å². The second-order valence-electron chi connectivity index (χ2n) is 5.16. The van der Waals surface area contributed by atoms with Gasteiger partial charge in [-0.05, 0) is 30.7 Å². The molecule has 0 N–H and O–H groups in total. The molecular formula is C20H30. The fraction of sp³-hybridized carbons (Fsp3) is 0.500. The van der Waals surface area contributed by atoms with Crippen LogP contribution in [0.4, 0.5) is 0 Å². The molecule has 1 fully saturated rings. The molecule has 1 saturated carbocycles. The molecule has 0 amide bonds. The van der Waals surface area contributed by atoms with Crippen LogP contribution in [0.15, 0.2) is 53.6 Å². The highest BCUT2D eigenvalue weighted by Gasteiger charge is 2.43. The highest BCUT2D eigenvalue weighted by atomic mass is 14.5. The number of fused-ring (bicyclic) bond motifs is 1. The molecule has 0 radical (unpaired) electrons. The summed E-state index contributed by atoms with van der Waals surface area (Å²) in [5.74, 6) is 2.30. The highest BCUT2D eigenvalue weighted by molar-refractivity contribution is 5.41. The third kappa shape index (κ3) is 3.62. The summed E-state index contributed by atoms with van der Waals surface area (Å²) in [6.45, 7) is 12.6. The van der Waals surface area contributed by atoms with Crippen LogP contribution in [0.3, 0.4) is 0 Å². The summed E-state index contributed by atoms with van der Waals surface area (Å²) in [6, 6.07) is 10.9. The molecule has 1 aromatic rings. The molecular weight excluding hydrogens is 240 g/mol. The summed E-state index contributed by atoms with van der Waals surface area (Å²) in [6.07, 6.45) is 6.06. The van der Waals surface area contributed by atoms with Crippen molar-refractivity contribution in [3.05, 3.63) is 59.2 Å². The van der Waals surface area contributed by atoms with Crippen LogP contribution >= 0.6 is 0 Å². The van der Waals surface area contributed by atoms with Gasteiger partial charge >= 0.3 is 0 Å². The van der Waals surface area contributed by atoms with Gasteiger partial charge in [-0.1, -0.05) is 88.2 Å². The molecule has 0 heterocycles. The zero-order chi connectivity index (χ0) is 15.1. The molecule has 0 nitrogen and oxygen atoms in total. The first-order chi connectivity index (χ1) is 9.77. The quantitative estimate of drug-likeness (QED) is 0.586. The topological polar surface area (TPSA) is 0 Å². The molecule has 20 heavy (non-hydrogen) atoms. The van der Waals surface area contributed by atoms with Crippen molar-refractivity contribution in [1.29, 1.82) is 0 Å². The number of allylic oxidation sites excluding steroid dienone is 4. The van der Waals surface area contributed by atoms with Crippen molar-refractivity contribution in [2.45, 2.75) is 53.9 Å². The Labute approximate surface area is 125 Å². The maximum absolute atomic E-state index is 2.36. The zero-order valence-electron chi connectivity index (χ0n) is 14.0. The maximum Gasteiger partial charge on any atom is 0.00259 e. The Morgan fingerprint density at radius 1 is 0.900 bits per heavy atom. The molecule has 0 saturated heterocycles. The first kappa shape index (κ1) is 16.8. The van der Waals surface area contributed by atoms with Crippen molar-refractivity contribution in [2.24, 2.45) is 11.8 Å². The lowest BCUT2D eigenvalue weighted by Gasteiger charge is -2.19.